The molecule has 0 spiro atoms. The van der Waals surface area contributed by atoms with Gasteiger partial charge in [-0.15, -0.1) is 0 Å². The minimum absolute atomic E-state index is 0.293. The van der Waals surface area contributed by atoms with E-state index in [1.165, 1.54) is 6.33 Å². The minimum atomic E-state index is 0.293. The molecule has 1 aromatic heterocycles. The first kappa shape index (κ1) is 12.4. The molecule has 2 aromatic carbocycles. The van der Waals surface area contributed by atoms with Crippen molar-refractivity contribution in [2.24, 2.45) is 0 Å². The van der Waals surface area contributed by atoms with Gasteiger partial charge in [-0.05, 0) is 33.4 Å². The number of fused-ring (bicyclic) bond motifs is 1. The number of phenolic OH excluding ortho intramolecular Hbond substituents is 1. The average molecular weight is 333 g/mol. The first-order valence-electron chi connectivity index (χ1n) is 5.60. The van der Waals surface area contributed by atoms with Gasteiger partial charge in [0.1, 0.15) is 17.1 Å². The highest BCUT2D eigenvalue weighted by Crippen LogP contribution is 2.38. The highest BCUT2D eigenvalue weighted by Gasteiger charge is 2.09. The van der Waals surface area contributed by atoms with E-state index in [9.17, 15) is 5.11 Å². The normalized spacial score (nSPS) is 10.8. The summed E-state index contributed by atoms with van der Waals surface area (Å²) < 4.78 is 0.858. The zero-order valence-corrected chi connectivity index (χ0v) is 12.1. The second kappa shape index (κ2) is 5.19. The molecule has 1 heterocycles. The van der Waals surface area contributed by atoms with Crippen LogP contribution in [0.2, 0.25) is 0 Å². The maximum Gasteiger partial charge on any atom is 0.123 e. The molecule has 0 atom stereocenters. The third kappa shape index (κ3) is 2.43. The van der Waals surface area contributed by atoms with Crippen LogP contribution in [0, 0.1) is 0 Å². The quantitative estimate of drug-likeness (QED) is 0.712. The number of rotatable bonds is 2. The smallest absolute Gasteiger partial charge is 0.123 e. The number of aromatic hydroxyl groups is 1. The van der Waals surface area contributed by atoms with E-state index in [0.717, 1.165) is 25.2 Å². The van der Waals surface area contributed by atoms with Crippen molar-refractivity contribution in [2.75, 3.05) is 0 Å². The second-order valence-corrected chi connectivity index (χ2v) is 5.79. The van der Waals surface area contributed by atoms with E-state index in [1.54, 1.807) is 24.0 Å². The summed E-state index contributed by atoms with van der Waals surface area (Å²) in [7, 11) is 0. The molecule has 0 fully saturated rings. The van der Waals surface area contributed by atoms with Crippen molar-refractivity contribution in [3.8, 4) is 5.75 Å². The van der Waals surface area contributed by atoms with Crippen molar-refractivity contribution >= 4 is 38.5 Å². The minimum Gasteiger partial charge on any atom is -0.507 e. The van der Waals surface area contributed by atoms with Gasteiger partial charge in [-0.3, -0.25) is 0 Å². The van der Waals surface area contributed by atoms with Gasteiger partial charge in [-0.1, -0.05) is 36.0 Å². The van der Waals surface area contributed by atoms with E-state index in [2.05, 4.69) is 25.9 Å². The molecular weight excluding hydrogens is 324 g/mol. The van der Waals surface area contributed by atoms with Crippen LogP contribution in [-0.4, -0.2) is 15.1 Å². The molecule has 0 unspecified atom stereocenters. The molecular formula is C14H9BrN2OS. The third-order valence-corrected chi connectivity index (χ3v) is 4.64. The molecule has 3 aromatic rings. The van der Waals surface area contributed by atoms with Gasteiger partial charge in [-0.25, -0.2) is 9.97 Å². The summed E-state index contributed by atoms with van der Waals surface area (Å²) in [6.07, 6.45) is 3.24. The van der Waals surface area contributed by atoms with Crippen LogP contribution in [0.3, 0.4) is 0 Å². The Hall–Kier alpha value is -1.59. The summed E-state index contributed by atoms with van der Waals surface area (Å²) in [5.41, 5.74) is 0. The topological polar surface area (TPSA) is 46.0 Å². The lowest BCUT2D eigenvalue weighted by atomic mass is 10.1. The zero-order valence-electron chi connectivity index (χ0n) is 9.75. The summed E-state index contributed by atoms with van der Waals surface area (Å²) in [5.74, 6) is 0.293. The highest BCUT2D eigenvalue weighted by atomic mass is 79.9. The van der Waals surface area contributed by atoms with Gasteiger partial charge < -0.3 is 5.11 Å². The molecule has 0 saturated heterocycles. The maximum absolute atomic E-state index is 9.87. The van der Waals surface area contributed by atoms with Crippen molar-refractivity contribution in [1.82, 2.24) is 9.97 Å². The molecule has 0 bridgehead atoms. The fourth-order valence-corrected chi connectivity index (χ4v) is 3.17. The van der Waals surface area contributed by atoms with Crippen LogP contribution in [0.4, 0.5) is 0 Å². The molecule has 3 nitrogen and oxygen atoms in total. The molecule has 5 heteroatoms. The first-order valence-corrected chi connectivity index (χ1v) is 7.21. The van der Waals surface area contributed by atoms with Crippen molar-refractivity contribution in [2.45, 2.75) is 9.92 Å². The number of hydrogen-bond donors (Lipinski definition) is 1. The van der Waals surface area contributed by atoms with Crippen LogP contribution >= 0.6 is 27.7 Å². The van der Waals surface area contributed by atoms with E-state index in [4.69, 9.17) is 0 Å². The third-order valence-electron chi connectivity index (χ3n) is 2.70. The fourth-order valence-electron chi connectivity index (χ4n) is 1.83. The van der Waals surface area contributed by atoms with Crippen LogP contribution in [0.15, 0.2) is 63.3 Å². The molecule has 3 rings (SSSR count). The van der Waals surface area contributed by atoms with Crippen molar-refractivity contribution in [3.63, 3.8) is 0 Å². The Labute approximate surface area is 122 Å². The molecule has 1 N–H and O–H groups in total. The zero-order chi connectivity index (χ0) is 13.2. The monoisotopic (exact) mass is 332 g/mol. The molecule has 0 aliphatic rings. The van der Waals surface area contributed by atoms with Gasteiger partial charge in [0.25, 0.3) is 0 Å². The summed E-state index contributed by atoms with van der Waals surface area (Å²) in [5, 5.41) is 12.6. The number of hydrogen-bond acceptors (Lipinski definition) is 4. The number of nitrogens with zero attached hydrogens (tertiary/aromatic N) is 2. The Morgan fingerprint density at radius 1 is 1.05 bits per heavy atom. The predicted molar refractivity (Wildman–Crippen MR) is 79.5 cm³/mol. The maximum atomic E-state index is 9.87. The molecule has 0 aliphatic carbocycles. The van der Waals surface area contributed by atoms with Gasteiger partial charge in [0.15, 0.2) is 0 Å². The summed E-state index contributed by atoms with van der Waals surface area (Å²) in [6, 6.07) is 11.4. The van der Waals surface area contributed by atoms with Crippen LogP contribution in [0.5, 0.6) is 5.75 Å². The lowest BCUT2D eigenvalue weighted by Crippen LogP contribution is -1.85. The number of phenols is 1. The second-order valence-electron chi connectivity index (χ2n) is 3.91. The summed E-state index contributed by atoms with van der Waals surface area (Å²) in [4.78, 5) is 9.25. The number of halogens is 1. The van der Waals surface area contributed by atoms with Crippen molar-refractivity contribution in [3.05, 3.63) is 53.4 Å². The summed E-state index contributed by atoms with van der Waals surface area (Å²) in [6.45, 7) is 0. The fraction of sp³-hybridized carbons (Fsp3) is 0. The SMILES string of the molecule is Oc1ccc(Sc2ncncc2Br)c2ccccc12. The molecule has 0 saturated carbocycles. The van der Waals surface area contributed by atoms with Gasteiger partial charge >= 0.3 is 0 Å². The molecule has 19 heavy (non-hydrogen) atoms. The van der Waals surface area contributed by atoms with Gasteiger partial charge in [0.05, 0.1) is 4.47 Å². The average Bonchev–Trinajstić information content (AvgIpc) is 2.44. The first-order chi connectivity index (χ1) is 9.25. The van der Waals surface area contributed by atoms with Gasteiger partial charge in [-0.2, -0.15) is 0 Å². The van der Waals surface area contributed by atoms with Crippen LogP contribution in [0.25, 0.3) is 10.8 Å². The van der Waals surface area contributed by atoms with Crippen molar-refractivity contribution in [1.29, 1.82) is 0 Å². The largest absolute Gasteiger partial charge is 0.507 e. The van der Waals surface area contributed by atoms with E-state index in [0.29, 0.717) is 5.75 Å². The Morgan fingerprint density at radius 2 is 1.84 bits per heavy atom. The number of aromatic nitrogens is 2. The molecule has 0 aliphatic heterocycles. The molecule has 0 amide bonds. The standard InChI is InChI=1S/C14H9BrN2OS/c15-11-7-16-8-17-14(11)19-13-6-5-12(18)9-3-1-2-4-10(9)13/h1-8,18H. The van der Waals surface area contributed by atoms with Crippen LogP contribution in [0.1, 0.15) is 0 Å². The van der Waals surface area contributed by atoms with E-state index in [-0.39, 0.29) is 0 Å². The van der Waals surface area contributed by atoms with E-state index < -0.39 is 0 Å². The predicted octanol–water partition coefficient (Wildman–Crippen LogP) is 4.25. The lowest BCUT2D eigenvalue weighted by molar-refractivity contribution is 0.481. The van der Waals surface area contributed by atoms with Gasteiger partial charge in [0.2, 0.25) is 0 Å². The van der Waals surface area contributed by atoms with Crippen LogP contribution < -0.4 is 0 Å². The van der Waals surface area contributed by atoms with Crippen LogP contribution in [-0.2, 0) is 0 Å². The van der Waals surface area contributed by atoms with Crippen molar-refractivity contribution < 1.29 is 5.11 Å². The Kier molecular flexibility index (Phi) is 3.40. The Balaban J connectivity index is 2.12. The highest BCUT2D eigenvalue weighted by molar-refractivity contribution is 9.10. The lowest BCUT2D eigenvalue weighted by Gasteiger charge is -2.08. The molecule has 94 valence electrons. The molecule has 0 radical (unpaired) electrons. The van der Waals surface area contributed by atoms with E-state index >= 15 is 0 Å². The summed E-state index contributed by atoms with van der Waals surface area (Å²) >= 11 is 4.98. The van der Waals surface area contributed by atoms with E-state index in [1.807, 2.05) is 30.3 Å². The Bertz CT molecular complexity index is 748. The Morgan fingerprint density at radius 3 is 2.63 bits per heavy atom. The van der Waals surface area contributed by atoms with Gasteiger partial charge in [0, 0.05) is 16.5 Å². The number of benzene rings is 2.